The molecule has 19 heavy (non-hydrogen) atoms. The SMILES string of the molecule is O=S(=O)(N[C@@H]1CCCNC1)c1ccc2c(c1)CCC2. The molecule has 3 rings (SSSR count). The van der Waals surface area contributed by atoms with Crippen LogP contribution in [0, 0.1) is 0 Å². The second-order valence-electron chi connectivity index (χ2n) is 5.45. The number of nitrogens with one attached hydrogen (secondary N) is 2. The van der Waals surface area contributed by atoms with Crippen molar-refractivity contribution in [2.75, 3.05) is 13.1 Å². The Bertz CT molecular complexity index is 563. The molecule has 0 aromatic heterocycles. The number of piperidine rings is 1. The normalized spacial score (nSPS) is 23.3. The van der Waals surface area contributed by atoms with Crippen LogP contribution in [0.2, 0.25) is 0 Å². The standard InChI is InChI=1S/C14H20N2O2S/c17-19(18,16-13-5-2-8-15-10-13)14-7-6-11-3-1-4-12(11)9-14/h6-7,9,13,15-16H,1-5,8,10H2/t13-/m1/s1. The second-order valence-corrected chi connectivity index (χ2v) is 7.16. The highest BCUT2D eigenvalue weighted by Gasteiger charge is 2.23. The van der Waals surface area contributed by atoms with Crippen LogP contribution in [0.15, 0.2) is 23.1 Å². The fourth-order valence-electron chi connectivity index (χ4n) is 2.96. The van der Waals surface area contributed by atoms with Crippen LogP contribution in [-0.4, -0.2) is 27.5 Å². The molecule has 1 heterocycles. The highest BCUT2D eigenvalue weighted by atomic mass is 32.2. The molecule has 0 saturated carbocycles. The summed E-state index contributed by atoms with van der Waals surface area (Å²) in [5.74, 6) is 0. The molecule has 104 valence electrons. The summed E-state index contributed by atoms with van der Waals surface area (Å²) in [6, 6.07) is 5.58. The third-order valence-electron chi connectivity index (χ3n) is 4.00. The molecule has 0 radical (unpaired) electrons. The maximum absolute atomic E-state index is 12.4. The lowest BCUT2D eigenvalue weighted by molar-refractivity contribution is 0.428. The lowest BCUT2D eigenvalue weighted by Crippen LogP contribution is -2.45. The first kappa shape index (κ1) is 13.1. The van der Waals surface area contributed by atoms with Crippen LogP contribution in [-0.2, 0) is 22.9 Å². The van der Waals surface area contributed by atoms with Crippen molar-refractivity contribution in [3.8, 4) is 0 Å². The van der Waals surface area contributed by atoms with Gasteiger partial charge in [-0.2, -0.15) is 0 Å². The molecule has 1 aliphatic heterocycles. The summed E-state index contributed by atoms with van der Waals surface area (Å²) in [6.45, 7) is 1.71. The van der Waals surface area contributed by atoms with E-state index >= 15 is 0 Å². The van der Waals surface area contributed by atoms with Crippen LogP contribution in [0.25, 0.3) is 0 Å². The fourth-order valence-corrected chi connectivity index (χ4v) is 4.28. The molecule has 1 fully saturated rings. The quantitative estimate of drug-likeness (QED) is 0.875. The molecule has 1 saturated heterocycles. The summed E-state index contributed by atoms with van der Waals surface area (Å²) < 4.78 is 27.5. The fraction of sp³-hybridized carbons (Fsp3) is 0.571. The summed E-state index contributed by atoms with van der Waals surface area (Å²) in [7, 11) is -3.37. The van der Waals surface area contributed by atoms with Gasteiger partial charge >= 0.3 is 0 Å². The van der Waals surface area contributed by atoms with Gasteiger partial charge in [-0.3, -0.25) is 0 Å². The summed E-state index contributed by atoms with van der Waals surface area (Å²) in [5.41, 5.74) is 2.50. The van der Waals surface area contributed by atoms with E-state index in [1.54, 1.807) is 6.07 Å². The van der Waals surface area contributed by atoms with E-state index in [4.69, 9.17) is 0 Å². The average molecular weight is 280 g/mol. The van der Waals surface area contributed by atoms with Crippen molar-refractivity contribution >= 4 is 10.0 Å². The van der Waals surface area contributed by atoms with Crippen molar-refractivity contribution in [2.45, 2.75) is 43.0 Å². The van der Waals surface area contributed by atoms with Gasteiger partial charge < -0.3 is 5.32 Å². The van der Waals surface area contributed by atoms with Crippen LogP contribution in [0.5, 0.6) is 0 Å². The van der Waals surface area contributed by atoms with Crippen LogP contribution < -0.4 is 10.0 Å². The minimum atomic E-state index is -3.37. The zero-order valence-electron chi connectivity index (χ0n) is 11.0. The molecular formula is C14H20N2O2S. The van der Waals surface area contributed by atoms with E-state index in [2.05, 4.69) is 10.0 Å². The first-order valence-corrected chi connectivity index (χ1v) is 8.48. The molecule has 1 aliphatic carbocycles. The lowest BCUT2D eigenvalue weighted by Gasteiger charge is -2.23. The Labute approximate surface area is 114 Å². The van der Waals surface area contributed by atoms with E-state index in [0.717, 1.165) is 45.2 Å². The predicted octanol–water partition coefficient (Wildman–Crippen LogP) is 1.21. The molecule has 2 aliphatic rings. The van der Waals surface area contributed by atoms with Gasteiger partial charge in [-0.15, -0.1) is 0 Å². The van der Waals surface area contributed by atoms with Gasteiger partial charge in [0.2, 0.25) is 10.0 Å². The molecule has 4 nitrogen and oxygen atoms in total. The Morgan fingerprint density at radius 3 is 2.79 bits per heavy atom. The van der Waals surface area contributed by atoms with E-state index in [-0.39, 0.29) is 6.04 Å². The Balaban J connectivity index is 1.79. The first-order chi connectivity index (χ1) is 9.15. The maximum Gasteiger partial charge on any atom is 0.240 e. The topological polar surface area (TPSA) is 58.2 Å². The van der Waals surface area contributed by atoms with Gasteiger partial charge in [0.05, 0.1) is 4.90 Å². The Hall–Kier alpha value is -0.910. The van der Waals surface area contributed by atoms with E-state index in [9.17, 15) is 8.42 Å². The van der Waals surface area contributed by atoms with Crippen LogP contribution >= 0.6 is 0 Å². The van der Waals surface area contributed by atoms with Gasteiger partial charge in [-0.05, 0) is 61.9 Å². The molecule has 0 spiro atoms. The van der Waals surface area contributed by atoms with Gasteiger partial charge in [0.25, 0.3) is 0 Å². The average Bonchev–Trinajstić information content (AvgIpc) is 2.86. The van der Waals surface area contributed by atoms with Crippen molar-refractivity contribution in [2.24, 2.45) is 0 Å². The van der Waals surface area contributed by atoms with Crippen molar-refractivity contribution in [1.82, 2.24) is 10.0 Å². The zero-order chi connectivity index (χ0) is 13.3. The number of sulfonamides is 1. The maximum atomic E-state index is 12.4. The Morgan fingerprint density at radius 2 is 2.00 bits per heavy atom. The third-order valence-corrected chi connectivity index (χ3v) is 5.52. The van der Waals surface area contributed by atoms with Gasteiger partial charge in [-0.1, -0.05) is 6.07 Å². The number of aryl methyl sites for hydroxylation is 2. The molecule has 1 aromatic carbocycles. The molecular weight excluding hydrogens is 260 g/mol. The predicted molar refractivity (Wildman–Crippen MR) is 74.7 cm³/mol. The largest absolute Gasteiger partial charge is 0.315 e. The van der Waals surface area contributed by atoms with Gasteiger partial charge in [0.15, 0.2) is 0 Å². The van der Waals surface area contributed by atoms with Crippen LogP contribution in [0.4, 0.5) is 0 Å². The van der Waals surface area contributed by atoms with Crippen LogP contribution in [0.1, 0.15) is 30.4 Å². The van der Waals surface area contributed by atoms with E-state index in [1.807, 2.05) is 12.1 Å². The molecule has 2 N–H and O–H groups in total. The highest BCUT2D eigenvalue weighted by Crippen LogP contribution is 2.24. The monoisotopic (exact) mass is 280 g/mol. The Kier molecular flexibility index (Phi) is 3.60. The van der Waals surface area contributed by atoms with E-state index in [1.165, 1.54) is 11.1 Å². The molecule has 0 unspecified atom stereocenters. The number of hydrogen-bond acceptors (Lipinski definition) is 3. The molecule has 0 bridgehead atoms. The number of benzene rings is 1. The number of hydrogen-bond donors (Lipinski definition) is 2. The molecule has 1 atom stereocenters. The third kappa shape index (κ3) is 2.83. The van der Waals surface area contributed by atoms with Crippen molar-refractivity contribution in [1.29, 1.82) is 0 Å². The van der Waals surface area contributed by atoms with Crippen molar-refractivity contribution in [3.63, 3.8) is 0 Å². The van der Waals surface area contributed by atoms with Crippen molar-refractivity contribution < 1.29 is 8.42 Å². The minimum Gasteiger partial charge on any atom is -0.315 e. The van der Waals surface area contributed by atoms with Gasteiger partial charge in [0.1, 0.15) is 0 Å². The number of rotatable bonds is 3. The number of fused-ring (bicyclic) bond motifs is 1. The first-order valence-electron chi connectivity index (χ1n) is 7.00. The van der Waals surface area contributed by atoms with Crippen LogP contribution in [0.3, 0.4) is 0 Å². The van der Waals surface area contributed by atoms with E-state index in [0.29, 0.717) is 4.90 Å². The smallest absolute Gasteiger partial charge is 0.240 e. The summed E-state index contributed by atoms with van der Waals surface area (Å²) in [4.78, 5) is 0.415. The lowest BCUT2D eigenvalue weighted by atomic mass is 10.1. The molecule has 0 amide bonds. The molecule has 1 aromatic rings. The van der Waals surface area contributed by atoms with Gasteiger partial charge in [-0.25, -0.2) is 13.1 Å². The second kappa shape index (κ2) is 5.23. The summed E-state index contributed by atoms with van der Waals surface area (Å²) >= 11 is 0. The highest BCUT2D eigenvalue weighted by molar-refractivity contribution is 7.89. The Morgan fingerprint density at radius 1 is 1.16 bits per heavy atom. The van der Waals surface area contributed by atoms with Crippen molar-refractivity contribution in [3.05, 3.63) is 29.3 Å². The molecule has 5 heteroatoms. The van der Waals surface area contributed by atoms with Gasteiger partial charge in [0, 0.05) is 12.6 Å². The summed E-state index contributed by atoms with van der Waals surface area (Å²) in [6.07, 6.45) is 5.16. The summed E-state index contributed by atoms with van der Waals surface area (Å²) in [5, 5.41) is 3.22. The zero-order valence-corrected chi connectivity index (χ0v) is 11.8. The minimum absolute atomic E-state index is 0.0204. The van der Waals surface area contributed by atoms with E-state index < -0.39 is 10.0 Å².